The Morgan fingerprint density at radius 2 is 2.00 bits per heavy atom. The standard InChI is InChI=1S/C9H11Cl2N3OS/c10-6-7(16-13-8(6)11)9(15)12-14-4-2-1-3-5-14/h1-5H2,(H,12,15). The first-order valence-electron chi connectivity index (χ1n) is 5.05. The number of piperidine rings is 1. The Morgan fingerprint density at radius 1 is 1.31 bits per heavy atom. The quantitative estimate of drug-likeness (QED) is 0.905. The number of hydrogen-bond acceptors (Lipinski definition) is 4. The minimum absolute atomic E-state index is 0.190. The molecule has 0 atom stereocenters. The van der Waals surface area contributed by atoms with Gasteiger partial charge in [0.15, 0.2) is 5.15 Å². The van der Waals surface area contributed by atoms with Crippen LogP contribution >= 0.6 is 34.7 Å². The van der Waals surface area contributed by atoms with Crippen LogP contribution in [0.25, 0.3) is 0 Å². The second kappa shape index (κ2) is 5.31. The molecular formula is C9H11Cl2N3OS. The number of carbonyl (C=O) groups excluding carboxylic acids is 1. The van der Waals surface area contributed by atoms with E-state index in [2.05, 4.69) is 9.80 Å². The number of aromatic nitrogens is 1. The van der Waals surface area contributed by atoms with Gasteiger partial charge in [0.2, 0.25) is 0 Å². The maximum atomic E-state index is 11.8. The molecule has 1 aliphatic rings. The Balaban J connectivity index is 1.99. The summed E-state index contributed by atoms with van der Waals surface area (Å²) in [5.74, 6) is -0.226. The van der Waals surface area contributed by atoms with E-state index in [-0.39, 0.29) is 16.1 Å². The van der Waals surface area contributed by atoms with E-state index in [4.69, 9.17) is 23.2 Å². The lowest BCUT2D eigenvalue weighted by Gasteiger charge is -2.26. The summed E-state index contributed by atoms with van der Waals surface area (Å²) in [5.41, 5.74) is 2.81. The van der Waals surface area contributed by atoms with Gasteiger partial charge < -0.3 is 0 Å². The fourth-order valence-corrected chi connectivity index (χ4v) is 2.70. The van der Waals surface area contributed by atoms with Crippen LogP contribution in [0.3, 0.4) is 0 Å². The SMILES string of the molecule is O=C(NN1CCCCC1)c1snc(Cl)c1Cl. The Bertz CT molecular complexity index is 390. The maximum Gasteiger partial charge on any atom is 0.278 e. The fourth-order valence-electron chi connectivity index (χ4n) is 1.60. The highest BCUT2D eigenvalue weighted by Gasteiger charge is 2.20. The molecule has 88 valence electrons. The normalized spacial score (nSPS) is 17.4. The van der Waals surface area contributed by atoms with E-state index in [1.54, 1.807) is 0 Å². The van der Waals surface area contributed by atoms with Gasteiger partial charge in [0.25, 0.3) is 5.91 Å². The van der Waals surface area contributed by atoms with E-state index in [1.807, 2.05) is 5.01 Å². The van der Waals surface area contributed by atoms with Gasteiger partial charge in [-0.1, -0.05) is 29.6 Å². The lowest BCUT2D eigenvalue weighted by atomic mass is 10.2. The van der Waals surface area contributed by atoms with Crippen LogP contribution in [0.2, 0.25) is 10.2 Å². The van der Waals surface area contributed by atoms with Crippen LogP contribution in [0.4, 0.5) is 0 Å². The van der Waals surface area contributed by atoms with Gasteiger partial charge in [0.05, 0.1) is 0 Å². The average Bonchev–Trinajstić information content (AvgIpc) is 2.61. The van der Waals surface area contributed by atoms with Crippen molar-refractivity contribution in [2.45, 2.75) is 19.3 Å². The van der Waals surface area contributed by atoms with Crippen molar-refractivity contribution < 1.29 is 4.79 Å². The second-order valence-corrected chi connectivity index (χ2v) is 5.11. The molecule has 4 nitrogen and oxygen atoms in total. The van der Waals surface area contributed by atoms with Crippen molar-refractivity contribution in [1.29, 1.82) is 0 Å². The molecule has 1 saturated heterocycles. The monoisotopic (exact) mass is 279 g/mol. The first-order valence-corrected chi connectivity index (χ1v) is 6.58. The summed E-state index contributed by atoms with van der Waals surface area (Å²) >= 11 is 12.6. The molecule has 0 spiro atoms. The van der Waals surface area contributed by atoms with E-state index >= 15 is 0 Å². The van der Waals surface area contributed by atoms with Crippen LogP contribution < -0.4 is 5.43 Å². The second-order valence-electron chi connectivity index (χ2n) is 3.61. The Labute approximate surface area is 108 Å². The summed E-state index contributed by atoms with van der Waals surface area (Å²) in [7, 11) is 0. The minimum atomic E-state index is -0.226. The lowest BCUT2D eigenvalue weighted by Crippen LogP contribution is -2.44. The van der Waals surface area contributed by atoms with Gasteiger partial charge in [-0.05, 0) is 24.4 Å². The molecule has 0 bridgehead atoms. The van der Waals surface area contributed by atoms with E-state index < -0.39 is 0 Å². The van der Waals surface area contributed by atoms with E-state index in [9.17, 15) is 4.79 Å². The van der Waals surface area contributed by atoms with Crippen LogP contribution in [0.1, 0.15) is 28.9 Å². The molecule has 0 unspecified atom stereocenters. The van der Waals surface area contributed by atoms with Gasteiger partial charge in [-0.2, -0.15) is 4.37 Å². The highest BCUT2D eigenvalue weighted by molar-refractivity contribution is 7.09. The summed E-state index contributed by atoms with van der Waals surface area (Å²) in [6.45, 7) is 1.77. The molecule has 0 saturated carbocycles. The minimum Gasteiger partial charge on any atom is -0.284 e. The Hall–Kier alpha value is -0.360. The molecule has 0 aliphatic carbocycles. The topological polar surface area (TPSA) is 45.2 Å². The molecular weight excluding hydrogens is 269 g/mol. The van der Waals surface area contributed by atoms with Crippen LogP contribution in [-0.2, 0) is 0 Å². The summed E-state index contributed by atoms with van der Waals surface area (Å²) in [4.78, 5) is 12.2. The highest BCUT2D eigenvalue weighted by Crippen LogP contribution is 2.28. The largest absolute Gasteiger partial charge is 0.284 e. The average molecular weight is 280 g/mol. The van der Waals surface area contributed by atoms with Crippen LogP contribution in [0.5, 0.6) is 0 Å². The van der Waals surface area contributed by atoms with Crippen molar-refractivity contribution in [1.82, 2.24) is 14.8 Å². The molecule has 0 radical (unpaired) electrons. The van der Waals surface area contributed by atoms with Crippen molar-refractivity contribution in [2.24, 2.45) is 0 Å². The van der Waals surface area contributed by atoms with Crippen molar-refractivity contribution >= 4 is 40.6 Å². The molecule has 1 aromatic rings. The van der Waals surface area contributed by atoms with Gasteiger partial charge in [-0.3, -0.25) is 10.2 Å². The Morgan fingerprint density at radius 3 is 2.56 bits per heavy atom. The number of amides is 1. The smallest absolute Gasteiger partial charge is 0.278 e. The molecule has 0 aromatic carbocycles. The highest BCUT2D eigenvalue weighted by atomic mass is 35.5. The molecule has 1 aromatic heterocycles. The molecule has 1 aliphatic heterocycles. The lowest BCUT2D eigenvalue weighted by molar-refractivity contribution is 0.0754. The van der Waals surface area contributed by atoms with E-state index in [0.717, 1.165) is 37.5 Å². The van der Waals surface area contributed by atoms with Crippen LogP contribution in [0, 0.1) is 0 Å². The third-order valence-electron chi connectivity index (χ3n) is 2.42. The molecule has 16 heavy (non-hydrogen) atoms. The maximum absolute atomic E-state index is 11.8. The van der Waals surface area contributed by atoms with E-state index in [1.165, 1.54) is 6.42 Å². The van der Waals surface area contributed by atoms with Crippen molar-refractivity contribution in [3.8, 4) is 0 Å². The van der Waals surface area contributed by atoms with Gasteiger partial charge in [-0.25, -0.2) is 5.01 Å². The predicted molar refractivity (Wildman–Crippen MR) is 65.0 cm³/mol. The Kier molecular flexibility index (Phi) is 4.02. The number of nitrogens with one attached hydrogen (secondary N) is 1. The molecule has 1 fully saturated rings. The summed E-state index contributed by atoms with van der Waals surface area (Å²) in [6.07, 6.45) is 3.44. The third kappa shape index (κ3) is 2.66. The molecule has 2 heterocycles. The number of nitrogens with zero attached hydrogens (tertiary/aromatic N) is 2. The number of hydrogen-bond donors (Lipinski definition) is 1. The number of rotatable bonds is 2. The first kappa shape index (κ1) is 12.1. The molecule has 7 heteroatoms. The summed E-state index contributed by atoms with van der Waals surface area (Å²) in [6, 6.07) is 0. The van der Waals surface area contributed by atoms with E-state index in [0.29, 0.717) is 4.88 Å². The molecule has 2 rings (SSSR count). The molecule has 1 amide bonds. The number of hydrazine groups is 1. The third-order valence-corrected chi connectivity index (χ3v) is 4.22. The first-order chi connectivity index (χ1) is 7.68. The molecule has 1 N–H and O–H groups in total. The number of halogens is 2. The van der Waals surface area contributed by atoms with Crippen LogP contribution in [-0.4, -0.2) is 28.4 Å². The van der Waals surface area contributed by atoms with Crippen LogP contribution in [0.15, 0.2) is 0 Å². The predicted octanol–water partition coefficient (Wildman–Crippen LogP) is 2.58. The van der Waals surface area contributed by atoms with Crippen molar-refractivity contribution in [2.75, 3.05) is 13.1 Å². The van der Waals surface area contributed by atoms with Gasteiger partial charge >= 0.3 is 0 Å². The fraction of sp³-hybridized carbons (Fsp3) is 0.556. The van der Waals surface area contributed by atoms with Gasteiger partial charge in [0.1, 0.15) is 9.90 Å². The van der Waals surface area contributed by atoms with Gasteiger partial charge in [-0.15, -0.1) is 0 Å². The zero-order chi connectivity index (χ0) is 11.5. The van der Waals surface area contributed by atoms with Gasteiger partial charge in [0, 0.05) is 13.1 Å². The zero-order valence-electron chi connectivity index (χ0n) is 8.50. The number of carbonyl (C=O) groups is 1. The summed E-state index contributed by atoms with van der Waals surface area (Å²) < 4.78 is 3.83. The van der Waals surface area contributed by atoms with Crippen molar-refractivity contribution in [3.63, 3.8) is 0 Å². The zero-order valence-corrected chi connectivity index (χ0v) is 10.8. The van der Waals surface area contributed by atoms with Crippen molar-refractivity contribution in [3.05, 3.63) is 15.1 Å². The summed E-state index contributed by atoms with van der Waals surface area (Å²) in [5, 5.41) is 2.34.